The second kappa shape index (κ2) is 9.39. The van der Waals surface area contributed by atoms with Gasteiger partial charge in [-0.1, -0.05) is 42.5 Å². The van der Waals surface area contributed by atoms with E-state index in [9.17, 15) is 22.8 Å². The molecule has 1 saturated heterocycles. The van der Waals surface area contributed by atoms with E-state index in [1.807, 2.05) is 37.3 Å². The van der Waals surface area contributed by atoms with Crippen LogP contribution in [0.25, 0.3) is 10.4 Å². The SMILES string of the molecule is Cc1c(-c2ccccc2)sc(NC(=O)c2ccccc2C(F)(F)F)c1C(=O)N1CCCCC1. The van der Waals surface area contributed by atoms with Crippen LogP contribution in [0, 0.1) is 6.92 Å². The van der Waals surface area contributed by atoms with Gasteiger partial charge in [0.15, 0.2) is 0 Å². The van der Waals surface area contributed by atoms with Crippen LogP contribution >= 0.6 is 11.3 Å². The summed E-state index contributed by atoms with van der Waals surface area (Å²) < 4.78 is 40.3. The van der Waals surface area contributed by atoms with Gasteiger partial charge >= 0.3 is 6.18 Å². The van der Waals surface area contributed by atoms with Crippen molar-refractivity contribution in [2.24, 2.45) is 0 Å². The molecule has 0 atom stereocenters. The Morgan fingerprint density at radius 2 is 1.58 bits per heavy atom. The van der Waals surface area contributed by atoms with Crippen molar-refractivity contribution in [2.75, 3.05) is 18.4 Å². The molecule has 1 aromatic heterocycles. The highest BCUT2D eigenvalue weighted by atomic mass is 32.1. The minimum atomic E-state index is -4.67. The topological polar surface area (TPSA) is 49.4 Å². The molecule has 1 N–H and O–H groups in total. The molecule has 1 fully saturated rings. The molecule has 0 radical (unpaired) electrons. The highest BCUT2D eigenvalue weighted by Crippen LogP contribution is 2.41. The van der Waals surface area contributed by atoms with Crippen LogP contribution in [0.3, 0.4) is 0 Å². The Hall–Kier alpha value is -3.13. The van der Waals surface area contributed by atoms with Crippen LogP contribution in [0.15, 0.2) is 54.6 Å². The molecule has 4 nitrogen and oxygen atoms in total. The molecule has 172 valence electrons. The van der Waals surface area contributed by atoms with Gasteiger partial charge in [-0.25, -0.2) is 0 Å². The average Bonchev–Trinajstić information content (AvgIpc) is 3.14. The first-order chi connectivity index (χ1) is 15.8. The highest BCUT2D eigenvalue weighted by molar-refractivity contribution is 7.20. The van der Waals surface area contributed by atoms with E-state index in [0.29, 0.717) is 24.2 Å². The number of nitrogens with zero attached hydrogens (tertiary/aromatic N) is 1. The molecule has 1 aliphatic heterocycles. The first-order valence-electron chi connectivity index (χ1n) is 10.7. The van der Waals surface area contributed by atoms with Crippen LogP contribution in [0.1, 0.15) is 51.1 Å². The van der Waals surface area contributed by atoms with E-state index in [2.05, 4.69) is 5.32 Å². The van der Waals surface area contributed by atoms with E-state index < -0.39 is 23.2 Å². The van der Waals surface area contributed by atoms with Crippen molar-refractivity contribution in [3.05, 3.63) is 76.9 Å². The van der Waals surface area contributed by atoms with Crippen molar-refractivity contribution < 1.29 is 22.8 Å². The maximum Gasteiger partial charge on any atom is 0.417 e. The summed E-state index contributed by atoms with van der Waals surface area (Å²) in [7, 11) is 0. The molecule has 2 amide bonds. The van der Waals surface area contributed by atoms with E-state index in [4.69, 9.17) is 0 Å². The first-order valence-corrected chi connectivity index (χ1v) is 11.5. The zero-order valence-electron chi connectivity index (χ0n) is 18.0. The average molecular weight is 473 g/mol. The third kappa shape index (κ3) is 4.80. The quantitative estimate of drug-likeness (QED) is 0.464. The number of benzene rings is 2. The lowest BCUT2D eigenvalue weighted by atomic mass is 10.0. The van der Waals surface area contributed by atoms with Crippen LogP contribution in [0.5, 0.6) is 0 Å². The maximum absolute atomic E-state index is 13.4. The normalized spacial score (nSPS) is 14.2. The van der Waals surface area contributed by atoms with Gasteiger partial charge in [-0.15, -0.1) is 11.3 Å². The minimum Gasteiger partial charge on any atom is -0.339 e. The number of nitrogens with one attached hydrogen (secondary N) is 1. The predicted octanol–water partition coefficient (Wildman–Crippen LogP) is 6.62. The third-order valence-corrected chi connectivity index (χ3v) is 7.00. The number of piperidine rings is 1. The van der Waals surface area contributed by atoms with Gasteiger partial charge in [-0.3, -0.25) is 9.59 Å². The molecular formula is C25H23F3N2O2S. The van der Waals surface area contributed by atoms with E-state index in [0.717, 1.165) is 41.8 Å². The number of carbonyl (C=O) groups is 2. The predicted molar refractivity (Wildman–Crippen MR) is 124 cm³/mol. The fourth-order valence-electron chi connectivity index (χ4n) is 4.08. The van der Waals surface area contributed by atoms with Crippen molar-refractivity contribution in [1.82, 2.24) is 4.90 Å². The summed E-state index contributed by atoms with van der Waals surface area (Å²) in [6.45, 7) is 3.06. The van der Waals surface area contributed by atoms with Gasteiger partial charge in [0, 0.05) is 18.0 Å². The smallest absolute Gasteiger partial charge is 0.339 e. The monoisotopic (exact) mass is 472 g/mol. The fraction of sp³-hybridized carbons (Fsp3) is 0.280. The number of thiophene rings is 1. The molecule has 0 aliphatic carbocycles. The number of amides is 2. The summed E-state index contributed by atoms with van der Waals surface area (Å²) in [6, 6.07) is 14.1. The van der Waals surface area contributed by atoms with Crippen molar-refractivity contribution >= 4 is 28.2 Å². The van der Waals surface area contributed by atoms with Gasteiger partial charge in [0.05, 0.1) is 16.7 Å². The lowest BCUT2D eigenvalue weighted by Crippen LogP contribution is -2.36. The number of likely N-dealkylation sites (tertiary alicyclic amines) is 1. The molecule has 8 heteroatoms. The maximum atomic E-state index is 13.4. The molecule has 0 bridgehead atoms. The van der Waals surface area contributed by atoms with Crippen LogP contribution in [0.2, 0.25) is 0 Å². The summed E-state index contributed by atoms with van der Waals surface area (Å²) in [6.07, 6.45) is -1.80. The summed E-state index contributed by atoms with van der Waals surface area (Å²) in [5.74, 6) is -1.10. The number of hydrogen-bond donors (Lipinski definition) is 1. The number of hydrogen-bond acceptors (Lipinski definition) is 3. The number of anilines is 1. The van der Waals surface area contributed by atoms with Gasteiger partial charge in [-0.05, 0) is 49.4 Å². The molecule has 0 spiro atoms. The number of halogens is 3. The molecule has 33 heavy (non-hydrogen) atoms. The largest absolute Gasteiger partial charge is 0.417 e. The Balaban J connectivity index is 1.76. The zero-order valence-corrected chi connectivity index (χ0v) is 18.9. The fourth-order valence-corrected chi connectivity index (χ4v) is 5.28. The molecule has 0 unspecified atom stereocenters. The van der Waals surface area contributed by atoms with Gasteiger partial charge in [-0.2, -0.15) is 13.2 Å². The van der Waals surface area contributed by atoms with E-state index in [-0.39, 0.29) is 10.9 Å². The van der Waals surface area contributed by atoms with Crippen molar-refractivity contribution in [1.29, 1.82) is 0 Å². The molecular weight excluding hydrogens is 449 g/mol. The summed E-state index contributed by atoms with van der Waals surface area (Å²) in [5.41, 5.74) is 0.445. The Morgan fingerprint density at radius 1 is 0.939 bits per heavy atom. The lowest BCUT2D eigenvalue weighted by molar-refractivity contribution is -0.137. The number of carbonyl (C=O) groups excluding carboxylic acids is 2. The first kappa shape index (κ1) is 23.0. The van der Waals surface area contributed by atoms with Crippen LogP contribution < -0.4 is 5.32 Å². The van der Waals surface area contributed by atoms with Crippen molar-refractivity contribution in [3.8, 4) is 10.4 Å². The summed E-state index contributed by atoms with van der Waals surface area (Å²) in [5, 5.41) is 2.89. The summed E-state index contributed by atoms with van der Waals surface area (Å²) >= 11 is 1.21. The number of alkyl halides is 3. The Bertz CT molecular complexity index is 1170. The number of rotatable bonds is 4. The minimum absolute atomic E-state index is 0.204. The molecule has 2 heterocycles. The van der Waals surface area contributed by atoms with E-state index in [1.165, 1.54) is 23.5 Å². The van der Waals surface area contributed by atoms with E-state index >= 15 is 0 Å². The molecule has 4 rings (SSSR count). The lowest BCUT2D eigenvalue weighted by Gasteiger charge is -2.27. The van der Waals surface area contributed by atoms with Gasteiger partial charge < -0.3 is 10.2 Å². The van der Waals surface area contributed by atoms with Gasteiger partial charge in [0.25, 0.3) is 11.8 Å². The van der Waals surface area contributed by atoms with Crippen molar-refractivity contribution in [3.63, 3.8) is 0 Å². The molecule has 0 saturated carbocycles. The third-order valence-electron chi connectivity index (χ3n) is 5.74. The molecule has 3 aromatic rings. The van der Waals surface area contributed by atoms with Crippen LogP contribution in [-0.2, 0) is 6.18 Å². The molecule has 2 aromatic carbocycles. The Morgan fingerprint density at radius 3 is 2.24 bits per heavy atom. The highest BCUT2D eigenvalue weighted by Gasteiger charge is 2.35. The Labute approximate surface area is 194 Å². The van der Waals surface area contributed by atoms with Gasteiger partial charge in [0.1, 0.15) is 5.00 Å². The van der Waals surface area contributed by atoms with Crippen molar-refractivity contribution in [2.45, 2.75) is 32.4 Å². The standard InChI is InChI=1S/C25H23F3N2O2S/c1-16-20(24(32)30-14-8-3-9-15-30)23(33-21(16)17-10-4-2-5-11-17)29-22(31)18-12-6-7-13-19(18)25(26,27)28/h2,4-7,10-13H,3,8-9,14-15H2,1H3,(H,29,31). The Kier molecular flexibility index (Phi) is 6.56. The second-order valence-corrected chi connectivity index (χ2v) is 9.00. The van der Waals surface area contributed by atoms with Crippen LogP contribution in [0.4, 0.5) is 18.2 Å². The molecule has 1 aliphatic rings. The second-order valence-electron chi connectivity index (χ2n) is 7.98. The zero-order chi connectivity index (χ0) is 23.6. The summed E-state index contributed by atoms with van der Waals surface area (Å²) in [4.78, 5) is 28.9. The van der Waals surface area contributed by atoms with Gasteiger partial charge in [0.2, 0.25) is 0 Å². The van der Waals surface area contributed by atoms with Crippen LogP contribution in [-0.4, -0.2) is 29.8 Å². The van der Waals surface area contributed by atoms with E-state index in [1.54, 1.807) is 4.90 Å².